The molecule has 0 aromatic carbocycles. The van der Waals surface area contributed by atoms with Gasteiger partial charge in [0.25, 0.3) is 0 Å². The zero-order valence-corrected chi connectivity index (χ0v) is 11.7. The first kappa shape index (κ1) is 12.9. The number of anilines is 1. The van der Waals surface area contributed by atoms with Crippen LogP contribution in [0.3, 0.4) is 0 Å². The Morgan fingerprint density at radius 1 is 1.39 bits per heavy atom. The molecule has 0 saturated heterocycles. The number of aryl methyl sites for hydroxylation is 2. The van der Waals surface area contributed by atoms with Crippen molar-refractivity contribution in [2.24, 2.45) is 0 Å². The standard InChI is InChI=1S/C11H15BrN6/c1-2-9-16-8(12)6-11(17-9)13-5-3-4-10-14-7-15-18-10/h6-7H,2-5H2,1H3,(H,13,16,17)(H,14,15,18). The molecule has 0 aliphatic heterocycles. The van der Waals surface area contributed by atoms with Crippen molar-refractivity contribution in [3.05, 3.63) is 28.6 Å². The molecule has 2 aromatic heterocycles. The molecule has 0 amide bonds. The maximum Gasteiger partial charge on any atom is 0.137 e. The summed E-state index contributed by atoms with van der Waals surface area (Å²) in [6.07, 6.45) is 4.20. The van der Waals surface area contributed by atoms with Crippen molar-refractivity contribution < 1.29 is 0 Å². The number of halogens is 1. The highest BCUT2D eigenvalue weighted by Gasteiger charge is 2.01. The van der Waals surface area contributed by atoms with E-state index in [0.717, 1.165) is 47.9 Å². The largest absolute Gasteiger partial charge is 0.370 e. The third kappa shape index (κ3) is 3.76. The van der Waals surface area contributed by atoms with E-state index >= 15 is 0 Å². The number of H-pyrrole nitrogens is 1. The van der Waals surface area contributed by atoms with Crippen LogP contribution in [0.25, 0.3) is 0 Å². The zero-order chi connectivity index (χ0) is 12.8. The van der Waals surface area contributed by atoms with Gasteiger partial charge in [-0.25, -0.2) is 15.0 Å². The first-order valence-electron chi connectivity index (χ1n) is 5.89. The van der Waals surface area contributed by atoms with Gasteiger partial charge in [0, 0.05) is 25.5 Å². The fourth-order valence-electron chi connectivity index (χ4n) is 1.54. The van der Waals surface area contributed by atoms with Gasteiger partial charge in [-0.2, -0.15) is 5.10 Å². The van der Waals surface area contributed by atoms with Gasteiger partial charge in [0.05, 0.1) is 0 Å². The fraction of sp³-hybridized carbons (Fsp3) is 0.455. The predicted molar refractivity (Wildman–Crippen MR) is 72.3 cm³/mol. The summed E-state index contributed by atoms with van der Waals surface area (Å²) in [5, 5.41) is 9.93. The highest BCUT2D eigenvalue weighted by Crippen LogP contribution is 2.12. The molecule has 96 valence electrons. The predicted octanol–water partition coefficient (Wildman–Crippen LogP) is 1.96. The monoisotopic (exact) mass is 310 g/mol. The molecule has 2 rings (SSSR count). The molecule has 0 radical (unpaired) electrons. The minimum atomic E-state index is 0.812. The molecule has 0 aliphatic carbocycles. The Hall–Kier alpha value is -1.50. The number of rotatable bonds is 6. The van der Waals surface area contributed by atoms with Gasteiger partial charge in [-0.05, 0) is 22.4 Å². The van der Waals surface area contributed by atoms with E-state index in [4.69, 9.17) is 0 Å². The van der Waals surface area contributed by atoms with Crippen LogP contribution in [-0.4, -0.2) is 31.7 Å². The maximum absolute atomic E-state index is 4.40. The van der Waals surface area contributed by atoms with Gasteiger partial charge in [0.15, 0.2) is 0 Å². The molecule has 0 unspecified atom stereocenters. The van der Waals surface area contributed by atoms with E-state index in [9.17, 15) is 0 Å². The van der Waals surface area contributed by atoms with Gasteiger partial charge in [-0.15, -0.1) is 0 Å². The van der Waals surface area contributed by atoms with Crippen molar-refractivity contribution in [3.8, 4) is 0 Å². The van der Waals surface area contributed by atoms with Crippen molar-refractivity contribution in [2.45, 2.75) is 26.2 Å². The molecule has 0 aliphatic rings. The number of aromatic nitrogens is 5. The summed E-state index contributed by atoms with van der Waals surface area (Å²) in [5.74, 6) is 2.60. The fourth-order valence-corrected chi connectivity index (χ4v) is 1.96. The van der Waals surface area contributed by atoms with Crippen LogP contribution in [0.15, 0.2) is 17.0 Å². The Morgan fingerprint density at radius 3 is 3.00 bits per heavy atom. The van der Waals surface area contributed by atoms with Gasteiger partial charge >= 0.3 is 0 Å². The Labute approximate surface area is 114 Å². The summed E-state index contributed by atoms with van der Waals surface area (Å²) in [6.45, 7) is 2.88. The molecule has 2 heterocycles. The topological polar surface area (TPSA) is 79.4 Å². The zero-order valence-electron chi connectivity index (χ0n) is 10.1. The number of hydrogen-bond donors (Lipinski definition) is 2. The van der Waals surface area contributed by atoms with Crippen molar-refractivity contribution in [1.29, 1.82) is 0 Å². The lowest BCUT2D eigenvalue weighted by Gasteiger charge is -2.06. The van der Waals surface area contributed by atoms with E-state index in [1.165, 1.54) is 6.33 Å². The van der Waals surface area contributed by atoms with Crippen LogP contribution in [-0.2, 0) is 12.8 Å². The molecule has 6 nitrogen and oxygen atoms in total. The van der Waals surface area contributed by atoms with Crippen molar-refractivity contribution in [3.63, 3.8) is 0 Å². The Morgan fingerprint density at radius 2 is 2.28 bits per heavy atom. The summed E-state index contributed by atoms with van der Waals surface area (Å²) in [7, 11) is 0. The van der Waals surface area contributed by atoms with E-state index < -0.39 is 0 Å². The van der Waals surface area contributed by atoms with E-state index in [2.05, 4.69) is 46.4 Å². The summed E-state index contributed by atoms with van der Waals surface area (Å²) < 4.78 is 0.812. The molecule has 2 aromatic rings. The van der Waals surface area contributed by atoms with Gasteiger partial charge in [0.1, 0.15) is 28.4 Å². The molecule has 18 heavy (non-hydrogen) atoms. The lowest BCUT2D eigenvalue weighted by molar-refractivity contribution is 0.800. The lowest BCUT2D eigenvalue weighted by atomic mass is 10.3. The second kappa shape index (κ2) is 6.44. The smallest absolute Gasteiger partial charge is 0.137 e. The molecule has 0 saturated carbocycles. The summed E-state index contributed by atoms with van der Waals surface area (Å²) in [6, 6.07) is 1.88. The third-order valence-electron chi connectivity index (χ3n) is 2.42. The van der Waals surface area contributed by atoms with E-state index in [1.807, 2.05) is 13.0 Å². The summed E-state index contributed by atoms with van der Waals surface area (Å²) in [5.41, 5.74) is 0. The molecular weight excluding hydrogens is 296 g/mol. The average Bonchev–Trinajstić information content (AvgIpc) is 2.87. The molecule has 0 spiro atoms. The molecule has 0 atom stereocenters. The SMILES string of the molecule is CCc1nc(Br)cc(NCCCc2ncn[nH]2)n1. The molecular formula is C11H15BrN6. The van der Waals surface area contributed by atoms with Crippen LogP contribution < -0.4 is 5.32 Å². The van der Waals surface area contributed by atoms with Crippen LogP contribution in [0.2, 0.25) is 0 Å². The highest BCUT2D eigenvalue weighted by atomic mass is 79.9. The second-order valence-corrected chi connectivity index (χ2v) is 4.62. The molecule has 0 bridgehead atoms. The normalized spacial score (nSPS) is 10.6. The minimum absolute atomic E-state index is 0.812. The van der Waals surface area contributed by atoms with Crippen LogP contribution >= 0.6 is 15.9 Å². The molecule has 7 heteroatoms. The molecule has 0 fully saturated rings. The van der Waals surface area contributed by atoms with E-state index in [-0.39, 0.29) is 0 Å². The highest BCUT2D eigenvalue weighted by molar-refractivity contribution is 9.10. The number of hydrogen-bond acceptors (Lipinski definition) is 5. The summed E-state index contributed by atoms with van der Waals surface area (Å²) >= 11 is 3.38. The van der Waals surface area contributed by atoms with Crippen molar-refractivity contribution in [2.75, 3.05) is 11.9 Å². The number of nitrogens with zero attached hydrogens (tertiary/aromatic N) is 4. The van der Waals surface area contributed by atoms with Crippen LogP contribution in [0, 0.1) is 0 Å². The van der Waals surface area contributed by atoms with Crippen LogP contribution in [0.5, 0.6) is 0 Å². The Balaban J connectivity index is 1.81. The number of nitrogens with one attached hydrogen (secondary N) is 2. The Kier molecular flexibility index (Phi) is 4.63. The minimum Gasteiger partial charge on any atom is -0.370 e. The van der Waals surface area contributed by atoms with E-state index in [1.54, 1.807) is 0 Å². The average molecular weight is 311 g/mol. The summed E-state index contributed by atoms with van der Waals surface area (Å²) in [4.78, 5) is 12.7. The van der Waals surface area contributed by atoms with Crippen LogP contribution in [0.4, 0.5) is 5.82 Å². The number of aromatic amines is 1. The first-order valence-corrected chi connectivity index (χ1v) is 6.69. The lowest BCUT2D eigenvalue weighted by Crippen LogP contribution is -2.07. The van der Waals surface area contributed by atoms with Gasteiger partial charge in [-0.3, -0.25) is 5.10 Å². The van der Waals surface area contributed by atoms with Crippen molar-refractivity contribution in [1.82, 2.24) is 25.1 Å². The first-order chi connectivity index (χ1) is 8.78. The van der Waals surface area contributed by atoms with E-state index in [0.29, 0.717) is 0 Å². The maximum atomic E-state index is 4.40. The van der Waals surface area contributed by atoms with Gasteiger partial charge < -0.3 is 5.32 Å². The quantitative estimate of drug-likeness (QED) is 0.630. The van der Waals surface area contributed by atoms with Crippen molar-refractivity contribution >= 4 is 21.7 Å². The third-order valence-corrected chi connectivity index (χ3v) is 2.83. The van der Waals surface area contributed by atoms with Gasteiger partial charge in [0.2, 0.25) is 0 Å². The van der Waals surface area contributed by atoms with Crippen LogP contribution in [0.1, 0.15) is 25.0 Å². The molecule has 2 N–H and O–H groups in total. The Bertz CT molecular complexity index is 484. The van der Waals surface area contributed by atoms with Gasteiger partial charge in [-0.1, -0.05) is 6.92 Å². The second-order valence-electron chi connectivity index (χ2n) is 3.81.